The molecular formula is C15H27IN4O2S. The fourth-order valence-corrected chi connectivity index (χ4v) is 2.55. The molecule has 0 aromatic heterocycles. The molecule has 132 valence electrons. The summed E-state index contributed by atoms with van der Waals surface area (Å²) >= 11 is 0. The molecule has 0 unspecified atom stereocenters. The van der Waals surface area contributed by atoms with Gasteiger partial charge in [-0.25, -0.2) is 8.42 Å². The van der Waals surface area contributed by atoms with Crippen molar-refractivity contribution in [1.82, 2.24) is 10.6 Å². The minimum absolute atomic E-state index is 0. The van der Waals surface area contributed by atoms with Crippen molar-refractivity contribution in [1.29, 1.82) is 0 Å². The van der Waals surface area contributed by atoms with Gasteiger partial charge >= 0.3 is 0 Å². The van der Waals surface area contributed by atoms with Crippen LogP contribution >= 0.6 is 24.0 Å². The second kappa shape index (κ2) is 11.5. The van der Waals surface area contributed by atoms with Crippen LogP contribution in [0.15, 0.2) is 29.3 Å². The molecule has 23 heavy (non-hydrogen) atoms. The van der Waals surface area contributed by atoms with Gasteiger partial charge in [0.05, 0.1) is 11.9 Å². The van der Waals surface area contributed by atoms with Gasteiger partial charge in [-0.3, -0.25) is 9.71 Å². The number of benzene rings is 1. The molecule has 0 spiro atoms. The highest BCUT2D eigenvalue weighted by Crippen LogP contribution is 2.15. The fourth-order valence-electron chi connectivity index (χ4n) is 1.96. The van der Waals surface area contributed by atoms with Gasteiger partial charge in [0.25, 0.3) is 0 Å². The summed E-state index contributed by atoms with van der Waals surface area (Å²) < 4.78 is 25.3. The summed E-state index contributed by atoms with van der Waals surface area (Å²) in [5.74, 6) is 0.713. The highest BCUT2D eigenvalue weighted by Gasteiger charge is 2.07. The number of nitrogens with one attached hydrogen (secondary N) is 3. The Labute approximate surface area is 156 Å². The maximum absolute atomic E-state index is 11.4. The number of sulfonamides is 1. The van der Waals surface area contributed by atoms with Gasteiger partial charge in [-0.05, 0) is 18.1 Å². The molecule has 0 aliphatic rings. The lowest BCUT2D eigenvalue weighted by Gasteiger charge is -2.14. The Hall–Kier alpha value is -1.03. The third-order valence-electron chi connectivity index (χ3n) is 3.06. The van der Waals surface area contributed by atoms with E-state index in [1.54, 1.807) is 19.2 Å². The minimum atomic E-state index is -3.29. The molecular weight excluding hydrogens is 427 g/mol. The van der Waals surface area contributed by atoms with Crippen LogP contribution in [0.4, 0.5) is 5.69 Å². The molecule has 1 aromatic rings. The SMILES string of the molecule is CCCCCNC(=NC)NCc1ccccc1NS(C)(=O)=O.I. The summed E-state index contributed by atoms with van der Waals surface area (Å²) in [5, 5.41) is 6.44. The van der Waals surface area contributed by atoms with Gasteiger partial charge in [-0.1, -0.05) is 38.0 Å². The van der Waals surface area contributed by atoms with E-state index < -0.39 is 10.0 Å². The predicted octanol–water partition coefficient (Wildman–Crippen LogP) is 2.53. The van der Waals surface area contributed by atoms with Crippen LogP contribution in [0.25, 0.3) is 0 Å². The highest BCUT2D eigenvalue weighted by molar-refractivity contribution is 14.0. The lowest BCUT2D eigenvalue weighted by Crippen LogP contribution is -2.37. The zero-order chi connectivity index (χ0) is 16.4. The summed E-state index contributed by atoms with van der Waals surface area (Å²) in [6.45, 7) is 3.53. The van der Waals surface area contributed by atoms with Gasteiger partial charge in [0.2, 0.25) is 10.0 Å². The maximum Gasteiger partial charge on any atom is 0.229 e. The van der Waals surface area contributed by atoms with Crippen LogP contribution in [0, 0.1) is 0 Å². The Bertz CT molecular complexity index is 591. The van der Waals surface area contributed by atoms with Gasteiger partial charge in [0, 0.05) is 20.1 Å². The van der Waals surface area contributed by atoms with Gasteiger partial charge in [0.15, 0.2) is 5.96 Å². The molecule has 0 bridgehead atoms. The molecule has 1 rings (SSSR count). The molecule has 0 saturated heterocycles. The first-order chi connectivity index (χ1) is 10.5. The molecule has 0 radical (unpaired) electrons. The number of guanidine groups is 1. The number of nitrogens with zero attached hydrogens (tertiary/aromatic N) is 1. The van der Waals surface area contributed by atoms with E-state index >= 15 is 0 Å². The minimum Gasteiger partial charge on any atom is -0.356 e. The Morgan fingerprint density at radius 3 is 2.48 bits per heavy atom. The number of rotatable bonds is 8. The summed E-state index contributed by atoms with van der Waals surface area (Å²) in [6.07, 6.45) is 4.61. The number of halogens is 1. The average molecular weight is 454 g/mol. The fraction of sp³-hybridized carbons (Fsp3) is 0.533. The third-order valence-corrected chi connectivity index (χ3v) is 3.65. The topological polar surface area (TPSA) is 82.6 Å². The Morgan fingerprint density at radius 2 is 1.87 bits per heavy atom. The Morgan fingerprint density at radius 1 is 1.17 bits per heavy atom. The first-order valence-electron chi connectivity index (χ1n) is 7.46. The van der Waals surface area contributed by atoms with E-state index in [1.807, 2.05) is 12.1 Å². The van der Waals surface area contributed by atoms with E-state index in [-0.39, 0.29) is 24.0 Å². The van der Waals surface area contributed by atoms with Gasteiger partial charge in [-0.15, -0.1) is 24.0 Å². The van der Waals surface area contributed by atoms with E-state index in [0.29, 0.717) is 18.2 Å². The summed E-state index contributed by atoms with van der Waals surface area (Å²) in [4.78, 5) is 4.16. The van der Waals surface area contributed by atoms with Crippen molar-refractivity contribution in [2.75, 3.05) is 24.6 Å². The maximum atomic E-state index is 11.4. The van der Waals surface area contributed by atoms with E-state index in [0.717, 1.165) is 24.8 Å². The van der Waals surface area contributed by atoms with E-state index in [1.165, 1.54) is 12.8 Å². The number of hydrogen-bond donors (Lipinski definition) is 3. The molecule has 8 heteroatoms. The van der Waals surface area contributed by atoms with Crippen LogP contribution in [0.2, 0.25) is 0 Å². The largest absolute Gasteiger partial charge is 0.356 e. The van der Waals surface area contributed by atoms with E-state index in [4.69, 9.17) is 0 Å². The lowest BCUT2D eigenvalue weighted by atomic mass is 10.2. The first-order valence-corrected chi connectivity index (χ1v) is 9.35. The molecule has 0 amide bonds. The summed E-state index contributed by atoms with van der Waals surface area (Å²) in [5.41, 5.74) is 1.45. The average Bonchev–Trinajstić information content (AvgIpc) is 2.46. The summed E-state index contributed by atoms with van der Waals surface area (Å²) in [6, 6.07) is 7.30. The molecule has 0 atom stereocenters. The normalized spacial score (nSPS) is 11.5. The monoisotopic (exact) mass is 454 g/mol. The summed E-state index contributed by atoms with van der Waals surface area (Å²) in [7, 11) is -1.57. The Kier molecular flexibility index (Phi) is 11.0. The van der Waals surface area contributed by atoms with Crippen LogP contribution < -0.4 is 15.4 Å². The second-order valence-corrected chi connectivity index (χ2v) is 6.84. The Balaban J connectivity index is 0.00000484. The van der Waals surface area contributed by atoms with Crippen molar-refractivity contribution < 1.29 is 8.42 Å². The van der Waals surface area contributed by atoms with E-state index in [2.05, 4.69) is 27.3 Å². The van der Waals surface area contributed by atoms with Crippen LogP contribution in [-0.4, -0.2) is 34.2 Å². The number of para-hydroxylation sites is 1. The smallest absolute Gasteiger partial charge is 0.229 e. The van der Waals surface area contributed by atoms with Crippen LogP contribution in [-0.2, 0) is 16.6 Å². The molecule has 6 nitrogen and oxygen atoms in total. The van der Waals surface area contributed by atoms with Gasteiger partial charge in [-0.2, -0.15) is 0 Å². The standard InChI is InChI=1S/C15H26N4O2S.HI/c1-4-5-8-11-17-15(16-2)18-12-13-9-6-7-10-14(13)19-22(3,20)21;/h6-7,9-10,19H,4-5,8,11-12H2,1-3H3,(H2,16,17,18);1H. The third kappa shape index (κ3) is 9.65. The molecule has 0 aliphatic heterocycles. The van der Waals surface area contributed by atoms with Crippen LogP contribution in [0.3, 0.4) is 0 Å². The van der Waals surface area contributed by atoms with Crippen molar-refractivity contribution in [3.8, 4) is 0 Å². The van der Waals surface area contributed by atoms with Crippen LogP contribution in [0.5, 0.6) is 0 Å². The number of aliphatic imine (C=N–C) groups is 1. The quantitative estimate of drug-likeness (QED) is 0.244. The molecule has 0 aliphatic carbocycles. The van der Waals surface area contributed by atoms with Crippen LogP contribution in [0.1, 0.15) is 31.7 Å². The molecule has 3 N–H and O–H groups in total. The number of anilines is 1. The van der Waals surface area contributed by atoms with E-state index in [9.17, 15) is 8.42 Å². The van der Waals surface area contributed by atoms with Crippen molar-refractivity contribution >= 4 is 45.6 Å². The van der Waals surface area contributed by atoms with Gasteiger partial charge in [0.1, 0.15) is 0 Å². The number of hydrogen-bond acceptors (Lipinski definition) is 3. The molecule has 0 heterocycles. The van der Waals surface area contributed by atoms with Crippen molar-refractivity contribution in [2.45, 2.75) is 32.7 Å². The second-order valence-electron chi connectivity index (χ2n) is 5.09. The molecule has 0 saturated carbocycles. The lowest BCUT2D eigenvalue weighted by molar-refractivity contribution is 0.606. The molecule has 1 aromatic carbocycles. The zero-order valence-electron chi connectivity index (χ0n) is 13.9. The van der Waals surface area contributed by atoms with Crippen molar-refractivity contribution in [2.24, 2.45) is 4.99 Å². The molecule has 0 fully saturated rings. The zero-order valence-corrected chi connectivity index (χ0v) is 17.1. The highest BCUT2D eigenvalue weighted by atomic mass is 127. The number of unbranched alkanes of at least 4 members (excludes halogenated alkanes) is 2. The van der Waals surface area contributed by atoms with Crippen molar-refractivity contribution in [3.63, 3.8) is 0 Å². The predicted molar refractivity (Wildman–Crippen MR) is 108 cm³/mol. The first kappa shape index (κ1) is 22.0. The van der Waals surface area contributed by atoms with Crippen molar-refractivity contribution in [3.05, 3.63) is 29.8 Å². The van der Waals surface area contributed by atoms with Gasteiger partial charge < -0.3 is 10.6 Å².